The lowest BCUT2D eigenvalue weighted by atomic mass is 9.73. The number of aliphatic hydroxyl groups excluding tert-OH is 4. The van der Waals surface area contributed by atoms with Crippen LogP contribution in [0.3, 0.4) is 0 Å². The fourth-order valence-electron chi connectivity index (χ4n) is 12.1. The van der Waals surface area contributed by atoms with Gasteiger partial charge in [0.05, 0.1) is 90.1 Å². The third kappa shape index (κ3) is 23.2. The Hall–Kier alpha value is -4.40. The molecule has 1 unspecified atom stereocenters. The van der Waals surface area contributed by atoms with E-state index in [1.165, 1.54) is 11.1 Å². The van der Waals surface area contributed by atoms with Crippen LogP contribution in [0.5, 0.6) is 11.5 Å². The summed E-state index contributed by atoms with van der Waals surface area (Å²) in [5.41, 5.74) is 4.65. The number of hydrogen-bond acceptors (Lipinski definition) is 16. The monoisotopic (exact) mass is 1110 g/mol. The molecule has 2 aromatic carbocycles. The second-order valence-corrected chi connectivity index (χ2v) is 22.1. The summed E-state index contributed by atoms with van der Waals surface area (Å²) in [6.45, 7) is 7.60. The number of fused-ring (bicyclic) bond motifs is 4. The van der Waals surface area contributed by atoms with E-state index in [0.717, 1.165) is 127 Å². The molecule has 0 amide bonds. The van der Waals surface area contributed by atoms with Crippen molar-refractivity contribution in [3.05, 3.63) is 58.7 Å². The number of carboxylic acids is 2. The Kier molecular flexibility index (Phi) is 29.9. The molecular weight excluding hydrogens is 1020 g/mol. The van der Waals surface area contributed by atoms with E-state index >= 15 is 0 Å². The lowest BCUT2D eigenvalue weighted by Gasteiger charge is -2.32. The van der Waals surface area contributed by atoms with E-state index in [1.54, 1.807) is 6.92 Å². The average molecular weight is 1120 g/mol. The van der Waals surface area contributed by atoms with Crippen LogP contribution in [-0.2, 0) is 73.3 Å². The standard InChI is InChI=1S/C31H48O9.C30H46O9/c1-3-4-5-8-24(32)10-11-25-26-16-22-7-6-9-29(27(22)17-23(26)18-28(25)33)39-20-31(36)40-21(2)19-38-15-14-37-13-12-30(34)35;1-2-3-4-7-23(31)9-10-24-25-17-21-6-5-8-28(26(21)18-22(25)19-27(24)32)39-20-30(35)38-16-15-37-14-13-36-12-11-29(33)34/h6-7,9,21,23-26,28,32-33H,3-5,8,10-20H2,1-2H3,(H,34,35);5-6,8,22-25,27,31-32H,2-4,7,9-20H2,1H3,(H,33,34)/t21?,23-,24-,25+,26-,28+;22-,23-,24+,25-,27+/m00/s1. The quantitative estimate of drug-likeness (QED) is 0.0281. The van der Waals surface area contributed by atoms with Crippen molar-refractivity contribution in [2.45, 2.75) is 180 Å². The molecule has 0 aromatic heterocycles. The number of aliphatic carboxylic acids is 2. The van der Waals surface area contributed by atoms with Gasteiger partial charge in [0.2, 0.25) is 0 Å². The molecule has 11 atom stereocenters. The third-order valence-corrected chi connectivity index (χ3v) is 16.2. The number of carbonyl (C=O) groups is 4. The molecule has 2 aromatic rings. The molecule has 79 heavy (non-hydrogen) atoms. The van der Waals surface area contributed by atoms with Crippen LogP contribution in [-0.4, -0.2) is 158 Å². The van der Waals surface area contributed by atoms with E-state index < -0.39 is 30.0 Å². The predicted molar refractivity (Wildman–Crippen MR) is 294 cm³/mol. The molecule has 6 rings (SSSR count). The summed E-state index contributed by atoms with van der Waals surface area (Å²) in [5.74, 6) is 0.578. The van der Waals surface area contributed by atoms with Crippen molar-refractivity contribution in [2.24, 2.45) is 35.5 Å². The summed E-state index contributed by atoms with van der Waals surface area (Å²) in [6, 6.07) is 11.9. The smallest absolute Gasteiger partial charge is 0.344 e. The molecule has 446 valence electrons. The Morgan fingerprint density at radius 1 is 0.557 bits per heavy atom. The van der Waals surface area contributed by atoms with Gasteiger partial charge in [0.25, 0.3) is 0 Å². The first-order valence-corrected chi connectivity index (χ1v) is 29.5. The highest BCUT2D eigenvalue weighted by Gasteiger charge is 2.46. The fourth-order valence-corrected chi connectivity index (χ4v) is 12.1. The topological polar surface area (TPSA) is 263 Å². The first-order chi connectivity index (χ1) is 38.2. The molecule has 0 aliphatic heterocycles. The zero-order valence-corrected chi connectivity index (χ0v) is 47.3. The summed E-state index contributed by atoms with van der Waals surface area (Å²) in [6.07, 6.45) is 14.7. The van der Waals surface area contributed by atoms with Crippen molar-refractivity contribution in [3.8, 4) is 11.5 Å². The molecule has 2 saturated carbocycles. The molecular formula is C61H94O18. The second kappa shape index (κ2) is 36.1. The average Bonchev–Trinajstić information content (AvgIpc) is 4.12. The van der Waals surface area contributed by atoms with E-state index in [-0.39, 0.29) is 115 Å². The van der Waals surface area contributed by atoms with Crippen LogP contribution in [0.4, 0.5) is 0 Å². The van der Waals surface area contributed by atoms with Gasteiger partial charge in [0.15, 0.2) is 13.2 Å². The van der Waals surface area contributed by atoms with Crippen molar-refractivity contribution < 1.29 is 87.7 Å². The van der Waals surface area contributed by atoms with Gasteiger partial charge < -0.3 is 68.5 Å². The van der Waals surface area contributed by atoms with Gasteiger partial charge in [-0.25, -0.2) is 9.59 Å². The lowest BCUT2D eigenvalue weighted by Crippen LogP contribution is -2.28. The minimum atomic E-state index is -0.907. The van der Waals surface area contributed by atoms with Crippen molar-refractivity contribution in [3.63, 3.8) is 0 Å². The van der Waals surface area contributed by atoms with Gasteiger partial charge in [-0.05, 0) is 154 Å². The Balaban J connectivity index is 0.000000291. The highest BCUT2D eigenvalue weighted by molar-refractivity contribution is 5.72. The van der Waals surface area contributed by atoms with Crippen LogP contribution < -0.4 is 9.47 Å². The molecule has 0 saturated heterocycles. The maximum atomic E-state index is 12.4. The first-order valence-electron chi connectivity index (χ1n) is 29.5. The maximum Gasteiger partial charge on any atom is 0.344 e. The molecule has 0 spiro atoms. The van der Waals surface area contributed by atoms with Crippen LogP contribution in [0.25, 0.3) is 0 Å². The highest BCUT2D eigenvalue weighted by Crippen LogP contribution is 2.50. The van der Waals surface area contributed by atoms with Crippen LogP contribution in [0.2, 0.25) is 0 Å². The minimum absolute atomic E-state index is 0.0454. The van der Waals surface area contributed by atoms with Gasteiger partial charge in [-0.3, -0.25) is 9.59 Å². The molecule has 18 heteroatoms. The minimum Gasteiger partial charge on any atom is -0.482 e. The molecule has 2 fully saturated rings. The maximum absolute atomic E-state index is 12.4. The van der Waals surface area contributed by atoms with E-state index in [1.807, 2.05) is 24.3 Å². The molecule has 4 aliphatic carbocycles. The second-order valence-electron chi connectivity index (χ2n) is 22.1. The van der Waals surface area contributed by atoms with E-state index in [4.69, 9.17) is 48.1 Å². The van der Waals surface area contributed by atoms with E-state index in [9.17, 15) is 39.6 Å². The summed E-state index contributed by atoms with van der Waals surface area (Å²) in [7, 11) is 0. The third-order valence-electron chi connectivity index (χ3n) is 16.2. The lowest BCUT2D eigenvalue weighted by molar-refractivity contribution is -0.153. The number of benzene rings is 2. The summed E-state index contributed by atoms with van der Waals surface area (Å²) in [5, 5.41) is 59.6. The fraction of sp³-hybridized carbons (Fsp3) is 0.738. The number of unbranched alkanes of at least 4 members (excludes halogenated alkanes) is 4. The summed E-state index contributed by atoms with van der Waals surface area (Å²) in [4.78, 5) is 45.4. The Morgan fingerprint density at radius 2 is 1.00 bits per heavy atom. The predicted octanol–water partition coefficient (Wildman–Crippen LogP) is 7.49. The summed E-state index contributed by atoms with van der Waals surface area (Å²) >= 11 is 0. The SMILES string of the molecule is CCCCC[C@H](O)CC[C@@H]1[C@H]2Cc3cccc(OCC(=O)OC(C)COCCOCCC(=O)O)c3C[C@H]2C[C@H]1O.CCCCC[C@H](O)CC[C@@H]1[C@H]2Cc3cccc(OCC(=O)OCCOCCOCCC(=O)O)c3C[C@H]2C[C@H]1O. The Morgan fingerprint density at radius 3 is 1.47 bits per heavy atom. The van der Waals surface area contributed by atoms with Gasteiger partial charge in [-0.2, -0.15) is 0 Å². The zero-order chi connectivity index (χ0) is 56.9. The van der Waals surface area contributed by atoms with Crippen LogP contribution in [0.1, 0.15) is 146 Å². The first kappa shape index (κ1) is 65.4. The van der Waals surface area contributed by atoms with E-state index in [2.05, 4.69) is 26.0 Å². The van der Waals surface area contributed by atoms with Gasteiger partial charge in [-0.1, -0.05) is 76.6 Å². The number of esters is 2. The van der Waals surface area contributed by atoms with Crippen LogP contribution in [0, 0.1) is 35.5 Å². The molecule has 6 N–H and O–H groups in total. The normalized spacial score (nSPS) is 22.9. The summed E-state index contributed by atoms with van der Waals surface area (Å²) < 4.78 is 43.4. The number of hydrogen-bond donors (Lipinski definition) is 6. The van der Waals surface area contributed by atoms with Gasteiger partial charge >= 0.3 is 23.9 Å². The van der Waals surface area contributed by atoms with Gasteiger partial charge in [-0.15, -0.1) is 0 Å². The molecule has 4 aliphatic rings. The zero-order valence-electron chi connectivity index (χ0n) is 47.3. The van der Waals surface area contributed by atoms with Crippen LogP contribution >= 0.6 is 0 Å². The number of aliphatic hydroxyl groups is 4. The molecule has 0 bridgehead atoms. The Bertz CT molecular complexity index is 2100. The molecule has 0 heterocycles. The van der Waals surface area contributed by atoms with Crippen molar-refractivity contribution in [1.82, 2.24) is 0 Å². The largest absolute Gasteiger partial charge is 0.482 e. The van der Waals surface area contributed by atoms with E-state index in [0.29, 0.717) is 41.8 Å². The number of ether oxygens (including phenoxy) is 8. The molecule has 18 nitrogen and oxygen atoms in total. The van der Waals surface area contributed by atoms with Gasteiger partial charge in [0, 0.05) is 0 Å². The van der Waals surface area contributed by atoms with Crippen molar-refractivity contribution in [2.75, 3.05) is 72.7 Å². The van der Waals surface area contributed by atoms with Crippen molar-refractivity contribution >= 4 is 23.9 Å². The number of carboxylic acid groups (broad SMARTS) is 2. The Labute approximate surface area is 468 Å². The van der Waals surface area contributed by atoms with Gasteiger partial charge in [0.1, 0.15) is 24.2 Å². The number of carbonyl (C=O) groups excluding carboxylic acids is 2. The number of rotatable bonds is 38. The van der Waals surface area contributed by atoms with Crippen molar-refractivity contribution in [1.29, 1.82) is 0 Å². The highest BCUT2D eigenvalue weighted by atomic mass is 16.6. The molecule has 0 radical (unpaired) electrons. The van der Waals surface area contributed by atoms with Crippen LogP contribution in [0.15, 0.2) is 36.4 Å².